The maximum Gasteiger partial charge on any atom is 0.345 e. The second kappa shape index (κ2) is 6.86. The first-order valence-electron chi connectivity index (χ1n) is 7.16. The van der Waals surface area contributed by atoms with E-state index in [0.29, 0.717) is 26.2 Å². The SMILES string of the molecule is CCOC(CCn1nc2n(c1=O)CCCC2)OCC. The Morgan fingerprint density at radius 1 is 1.26 bits per heavy atom. The third kappa shape index (κ3) is 3.45. The molecule has 108 valence electrons. The fourth-order valence-corrected chi connectivity index (χ4v) is 2.41. The number of hydrogen-bond donors (Lipinski definition) is 0. The molecule has 6 heteroatoms. The van der Waals surface area contributed by atoms with E-state index in [0.717, 1.165) is 31.6 Å². The minimum Gasteiger partial charge on any atom is -0.353 e. The minimum absolute atomic E-state index is 0.00134. The molecule has 0 bridgehead atoms. The van der Waals surface area contributed by atoms with Gasteiger partial charge in [0.05, 0.1) is 6.54 Å². The summed E-state index contributed by atoms with van der Waals surface area (Å²) in [4.78, 5) is 12.1. The maximum absolute atomic E-state index is 12.1. The smallest absolute Gasteiger partial charge is 0.345 e. The average molecular weight is 269 g/mol. The second-order valence-electron chi connectivity index (χ2n) is 4.66. The molecule has 1 aliphatic heterocycles. The third-order valence-electron chi connectivity index (χ3n) is 3.31. The molecule has 1 aromatic rings. The molecule has 0 atom stereocenters. The number of hydrogen-bond acceptors (Lipinski definition) is 4. The van der Waals surface area contributed by atoms with Crippen molar-refractivity contribution in [1.82, 2.24) is 14.3 Å². The molecular weight excluding hydrogens is 246 g/mol. The van der Waals surface area contributed by atoms with Crippen LogP contribution in [0.5, 0.6) is 0 Å². The van der Waals surface area contributed by atoms with Gasteiger partial charge in [0.2, 0.25) is 0 Å². The molecule has 0 saturated carbocycles. The van der Waals surface area contributed by atoms with Crippen molar-refractivity contribution in [3.05, 3.63) is 16.3 Å². The van der Waals surface area contributed by atoms with Crippen molar-refractivity contribution in [1.29, 1.82) is 0 Å². The first-order valence-corrected chi connectivity index (χ1v) is 7.16. The van der Waals surface area contributed by atoms with Gasteiger partial charge in [-0.1, -0.05) is 0 Å². The molecule has 2 rings (SSSR count). The molecule has 0 N–H and O–H groups in total. The molecule has 19 heavy (non-hydrogen) atoms. The largest absolute Gasteiger partial charge is 0.353 e. The Kier molecular flexibility index (Phi) is 5.15. The first-order chi connectivity index (χ1) is 9.26. The van der Waals surface area contributed by atoms with E-state index in [1.165, 1.54) is 0 Å². The Bertz CT molecular complexity index is 446. The second-order valence-corrected chi connectivity index (χ2v) is 4.66. The van der Waals surface area contributed by atoms with Crippen LogP contribution in [0.15, 0.2) is 4.79 Å². The van der Waals surface area contributed by atoms with Gasteiger partial charge in [0.25, 0.3) is 0 Å². The van der Waals surface area contributed by atoms with Crippen molar-refractivity contribution in [3.63, 3.8) is 0 Å². The van der Waals surface area contributed by atoms with Gasteiger partial charge in [0, 0.05) is 32.6 Å². The highest BCUT2D eigenvalue weighted by Crippen LogP contribution is 2.10. The highest BCUT2D eigenvalue weighted by Gasteiger charge is 2.17. The predicted octanol–water partition coefficient (Wildman–Crippen LogP) is 1.17. The zero-order valence-electron chi connectivity index (χ0n) is 11.8. The van der Waals surface area contributed by atoms with Gasteiger partial charge in [0.1, 0.15) is 5.82 Å². The number of aryl methyl sites for hydroxylation is 2. The van der Waals surface area contributed by atoms with Gasteiger partial charge in [-0.25, -0.2) is 9.48 Å². The standard InChI is InChI=1S/C13H23N3O3/c1-3-18-12(19-4-2)8-10-16-13(17)15-9-6-5-7-11(15)14-16/h12H,3-10H2,1-2H3. The number of aromatic nitrogens is 3. The zero-order chi connectivity index (χ0) is 13.7. The van der Waals surface area contributed by atoms with E-state index >= 15 is 0 Å². The lowest BCUT2D eigenvalue weighted by atomic mass is 10.2. The van der Waals surface area contributed by atoms with E-state index in [9.17, 15) is 4.79 Å². The molecule has 0 saturated heterocycles. The van der Waals surface area contributed by atoms with Crippen LogP contribution in [0.2, 0.25) is 0 Å². The van der Waals surface area contributed by atoms with Gasteiger partial charge in [-0.3, -0.25) is 4.57 Å². The van der Waals surface area contributed by atoms with Gasteiger partial charge in [0.15, 0.2) is 6.29 Å². The summed E-state index contributed by atoms with van der Waals surface area (Å²) in [7, 11) is 0. The Morgan fingerprint density at radius 3 is 2.63 bits per heavy atom. The van der Waals surface area contributed by atoms with Crippen LogP contribution in [-0.4, -0.2) is 33.9 Å². The van der Waals surface area contributed by atoms with Gasteiger partial charge < -0.3 is 9.47 Å². The van der Waals surface area contributed by atoms with Gasteiger partial charge in [-0.05, 0) is 26.7 Å². The van der Waals surface area contributed by atoms with Crippen LogP contribution in [0.3, 0.4) is 0 Å². The minimum atomic E-state index is -0.249. The normalized spacial score (nSPS) is 14.9. The van der Waals surface area contributed by atoms with Crippen LogP contribution in [0, 0.1) is 0 Å². The number of nitrogens with zero attached hydrogens (tertiary/aromatic N) is 3. The van der Waals surface area contributed by atoms with Crippen LogP contribution < -0.4 is 5.69 Å². The Balaban J connectivity index is 1.99. The van der Waals surface area contributed by atoms with Crippen molar-refractivity contribution in [2.45, 2.75) is 58.9 Å². The molecule has 0 aliphatic carbocycles. The number of rotatable bonds is 7. The lowest BCUT2D eigenvalue weighted by Crippen LogP contribution is -2.29. The monoisotopic (exact) mass is 269 g/mol. The Hall–Kier alpha value is -1.14. The Labute approximate surface area is 113 Å². The third-order valence-corrected chi connectivity index (χ3v) is 3.31. The van der Waals surface area contributed by atoms with E-state index in [-0.39, 0.29) is 12.0 Å². The molecule has 0 aromatic carbocycles. The molecular formula is C13H23N3O3. The van der Waals surface area contributed by atoms with Crippen LogP contribution in [0.4, 0.5) is 0 Å². The summed E-state index contributed by atoms with van der Waals surface area (Å²) in [6, 6.07) is 0. The summed E-state index contributed by atoms with van der Waals surface area (Å²) in [6.07, 6.45) is 3.50. The van der Waals surface area contributed by atoms with Crippen LogP contribution in [0.1, 0.15) is 38.9 Å². The molecule has 1 aliphatic rings. The molecule has 0 spiro atoms. The van der Waals surface area contributed by atoms with E-state index in [2.05, 4.69) is 5.10 Å². The molecule has 6 nitrogen and oxygen atoms in total. The van der Waals surface area contributed by atoms with Gasteiger partial charge in [-0.15, -0.1) is 0 Å². The van der Waals surface area contributed by atoms with Crippen molar-refractivity contribution < 1.29 is 9.47 Å². The number of fused-ring (bicyclic) bond motifs is 1. The number of ether oxygens (including phenoxy) is 2. The highest BCUT2D eigenvalue weighted by atomic mass is 16.7. The molecule has 1 aromatic heterocycles. The van der Waals surface area contributed by atoms with Crippen LogP contribution >= 0.6 is 0 Å². The lowest BCUT2D eigenvalue weighted by Gasteiger charge is -2.16. The molecule has 2 heterocycles. The zero-order valence-corrected chi connectivity index (χ0v) is 11.8. The summed E-state index contributed by atoms with van der Waals surface area (Å²) in [5.74, 6) is 0.917. The summed E-state index contributed by atoms with van der Waals surface area (Å²) < 4.78 is 14.3. The van der Waals surface area contributed by atoms with Crippen LogP contribution in [-0.2, 0) is 29.0 Å². The molecule has 0 unspecified atom stereocenters. The van der Waals surface area contributed by atoms with E-state index in [1.807, 2.05) is 13.8 Å². The predicted molar refractivity (Wildman–Crippen MR) is 71.1 cm³/mol. The van der Waals surface area contributed by atoms with Gasteiger partial charge >= 0.3 is 5.69 Å². The van der Waals surface area contributed by atoms with Crippen molar-refractivity contribution in [3.8, 4) is 0 Å². The summed E-state index contributed by atoms with van der Waals surface area (Å²) in [5, 5.41) is 4.40. The van der Waals surface area contributed by atoms with Crippen molar-refractivity contribution in [2.75, 3.05) is 13.2 Å². The molecule has 0 radical (unpaired) electrons. The quantitative estimate of drug-likeness (QED) is 0.697. The van der Waals surface area contributed by atoms with E-state index in [4.69, 9.17) is 9.47 Å². The van der Waals surface area contributed by atoms with E-state index in [1.54, 1.807) is 9.25 Å². The fraction of sp³-hybridized carbons (Fsp3) is 0.846. The Morgan fingerprint density at radius 2 is 2.00 bits per heavy atom. The fourth-order valence-electron chi connectivity index (χ4n) is 2.41. The first kappa shape index (κ1) is 14.3. The van der Waals surface area contributed by atoms with E-state index < -0.39 is 0 Å². The summed E-state index contributed by atoms with van der Waals surface area (Å²) >= 11 is 0. The highest BCUT2D eigenvalue weighted by molar-refractivity contribution is 4.91. The van der Waals surface area contributed by atoms with Crippen molar-refractivity contribution >= 4 is 0 Å². The summed E-state index contributed by atoms with van der Waals surface area (Å²) in [5.41, 5.74) is 0.00134. The van der Waals surface area contributed by atoms with Gasteiger partial charge in [-0.2, -0.15) is 5.10 Å². The maximum atomic E-state index is 12.1. The average Bonchev–Trinajstić information content (AvgIpc) is 2.74. The van der Waals surface area contributed by atoms with Crippen molar-refractivity contribution in [2.24, 2.45) is 0 Å². The summed E-state index contributed by atoms with van der Waals surface area (Å²) in [6.45, 7) is 6.44. The topological polar surface area (TPSA) is 58.3 Å². The van der Waals surface area contributed by atoms with Crippen LogP contribution in [0.25, 0.3) is 0 Å². The lowest BCUT2D eigenvalue weighted by molar-refractivity contribution is -0.141. The molecule has 0 amide bonds. The molecule has 0 fully saturated rings.